The van der Waals surface area contributed by atoms with E-state index in [1.807, 2.05) is 6.92 Å². The predicted octanol–water partition coefficient (Wildman–Crippen LogP) is 1.66. The van der Waals surface area contributed by atoms with Gasteiger partial charge in [0.2, 0.25) is 5.91 Å². The molecule has 0 aromatic rings. The van der Waals surface area contributed by atoms with E-state index < -0.39 is 0 Å². The van der Waals surface area contributed by atoms with Gasteiger partial charge in [0.15, 0.2) is 0 Å². The molecule has 0 aromatic heterocycles. The van der Waals surface area contributed by atoms with E-state index in [9.17, 15) is 4.79 Å². The molecule has 0 saturated carbocycles. The Morgan fingerprint density at radius 1 is 1.29 bits per heavy atom. The van der Waals surface area contributed by atoms with E-state index in [1.165, 1.54) is 0 Å². The molecule has 0 aliphatic carbocycles. The molecule has 0 radical (unpaired) electrons. The molecule has 0 heterocycles. The van der Waals surface area contributed by atoms with E-state index in [0.717, 1.165) is 19.3 Å². The Balaban J connectivity index is 3.72. The Morgan fingerprint density at radius 2 is 2.00 bits per heavy atom. The van der Waals surface area contributed by atoms with Crippen LogP contribution >= 0.6 is 0 Å². The Labute approximate surface area is 86.7 Å². The van der Waals surface area contributed by atoms with E-state index in [2.05, 4.69) is 11.8 Å². The van der Waals surface area contributed by atoms with Crippen LogP contribution in [0.3, 0.4) is 0 Å². The number of carbonyl (C=O) groups is 1. The molecule has 0 aliphatic heterocycles. The molecule has 0 aromatic carbocycles. The summed E-state index contributed by atoms with van der Waals surface area (Å²) in [6, 6.07) is 0. The summed E-state index contributed by atoms with van der Waals surface area (Å²) in [5.74, 6) is 5.15. The monoisotopic (exact) mass is 191 g/mol. The van der Waals surface area contributed by atoms with Crippen LogP contribution < -0.4 is 0 Å². The molecule has 76 valence electrons. The Bertz CT molecular complexity index is 244. The summed E-state index contributed by atoms with van der Waals surface area (Å²) in [6.45, 7) is 3.01. The van der Waals surface area contributed by atoms with E-state index >= 15 is 0 Å². The van der Waals surface area contributed by atoms with Gasteiger partial charge in [0.05, 0.1) is 6.54 Å². The van der Waals surface area contributed by atoms with Crippen LogP contribution in [0, 0.1) is 24.7 Å². The fourth-order valence-corrected chi connectivity index (χ4v) is 1.15. The molecule has 0 spiro atoms. The molecule has 1 amide bonds. The topological polar surface area (TPSA) is 20.3 Å². The second-order valence-corrected chi connectivity index (χ2v) is 3.02. The van der Waals surface area contributed by atoms with E-state index in [-0.39, 0.29) is 5.91 Å². The van der Waals surface area contributed by atoms with Crippen LogP contribution in [0.15, 0.2) is 0 Å². The third-order valence-electron chi connectivity index (χ3n) is 1.98. The summed E-state index contributed by atoms with van der Waals surface area (Å²) in [5.41, 5.74) is 0. The molecule has 2 nitrogen and oxygen atoms in total. The Morgan fingerprint density at radius 3 is 2.50 bits per heavy atom. The maximum absolute atomic E-state index is 11.5. The first-order valence-electron chi connectivity index (χ1n) is 4.91. The second-order valence-electron chi connectivity index (χ2n) is 3.02. The third-order valence-corrected chi connectivity index (χ3v) is 1.98. The minimum atomic E-state index is 0.127. The molecule has 0 N–H and O–H groups in total. The average molecular weight is 191 g/mol. The number of rotatable bonds is 6. The maximum Gasteiger partial charge on any atom is 0.223 e. The number of amides is 1. The average Bonchev–Trinajstić information content (AvgIpc) is 2.20. The molecule has 14 heavy (non-hydrogen) atoms. The normalized spacial score (nSPS) is 8.79. The van der Waals surface area contributed by atoms with Crippen LogP contribution in [0.25, 0.3) is 0 Å². The van der Waals surface area contributed by atoms with E-state index in [0.29, 0.717) is 19.5 Å². The zero-order valence-electron chi connectivity index (χ0n) is 8.75. The van der Waals surface area contributed by atoms with Gasteiger partial charge < -0.3 is 4.90 Å². The molecular weight excluding hydrogens is 174 g/mol. The molecule has 0 aliphatic rings. The van der Waals surface area contributed by atoms with Crippen LogP contribution in [0.5, 0.6) is 0 Å². The molecule has 0 atom stereocenters. The van der Waals surface area contributed by atoms with Crippen LogP contribution in [0.2, 0.25) is 0 Å². The first kappa shape index (κ1) is 12.6. The molecular formula is C12H17NO. The van der Waals surface area contributed by atoms with Gasteiger partial charge in [-0.3, -0.25) is 4.79 Å². The number of unbranched alkanes of at least 4 members (excludes halogenated alkanes) is 2. The van der Waals surface area contributed by atoms with E-state index in [4.69, 9.17) is 12.8 Å². The van der Waals surface area contributed by atoms with Crippen molar-refractivity contribution in [3.05, 3.63) is 0 Å². The lowest BCUT2D eigenvalue weighted by Gasteiger charge is -2.17. The van der Waals surface area contributed by atoms with E-state index in [1.54, 1.807) is 4.90 Å². The quantitative estimate of drug-likeness (QED) is 0.462. The molecule has 0 bridgehead atoms. The van der Waals surface area contributed by atoms with Crippen LogP contribution in [-0.2, 0) is 4.79 Å². The minimum absolute atomic E-state index is 0.127. The van der Waals surface area contributed by atoms with Gasteiger partial charge in [-0.2, -0.15) is 0 Å². The largest absolute Gasteiger partial charge is 0.332 e. The molecule has 0 saturated heterocycles. The lowest BCUT2D eigenvalue weighted by molar-refractivity contribution is -0.130. The van der Waals surface area contributed by atoms with Gasteiger partial charge in [0, 0.05) is 19.4 Å². The van der Waals surface area contributed by atoms with Crippen molar-refractivity contribution < 1.29 is 4.79 Å². The summed E-state index contributed by atoms with van der Waals surface area (Å²) in [5, 5.41) is 0. The van der Waals surface area contributed by atoms with Crippen LogP contribution in [-0.4, -0.2) is 23.9 Å². The number of hydrogen-bond acceptors (Lipinski definition) is 1. The molecule has 2 heteroatoms. The third kappa shape index (κ3) is 5.27. The van der Waals surface area contributed by atoms with Crippen molar-refractivity contribution in [3.8, 4) is 24.7 Å². The van der Waals surface area contributed by atoms with Crippen molar-refractivity contribution in [3.63, 3.8) is 0 Å². The fourth-order valence-electron chi connectivity index (χ4n) is 1.15. The minimum Gasteiger partial charge on any atom is -0.332 e. The Hall–Kier alpha value is -1.41. The molecule has 0 unspecified atom stereocenters. The summed E-state index contributed by atoms with van der Waals surface area (Å²) < 4.78 is 0. The van der Waals surface area contributed by atoms with Crippen molar-refractivity contribution >= 4 is 5.91 Å². The van der Waals surface area contributed by atoms with Gasteiger partial charge in [-0.15, -0.1) is 18.8 Å². The first-order chi connectivity index (χ1) is 6.76. The van der Waals surface area contributed by atoms with Crippen LogP contribution in [0.4, 0.5) is 0 Å². The summed E-state index contributed by atoms with van der Waals surface area (Å²) in [7, 11) is 0. The maximum atomic E-state index is 11.5. The van der Waals surface area contributed by atoms with Gasteiger partial charge in [-0.1, -0.05) is 5.92 Å². The Kier molecular flexibility index (Phi) is 7.37. The molecule has 0 fully saturated rings. The van der Waals surface area contributed by atoms with Crippen molar-refractivity contribution in [1.29, 1.82) is 0 Å². The smallest absolute Gasteiger partial charge is 0.223 e. The highest BCUT2D eigenvalue weighted by atomic mass is 16.2. The number of hydrogen-bond donors (Lipinski definition) is 0. The van der Waals surface area contributed by atoms with Gasteiger partial charge >= 0.3 is 0 Å². The summed E-state index contributed by atoms with van der Waals surface area (Å²) in [6.07, 6.45) is 13.3. The summed E-state index contributed by atoms with van der Waals surface area (Å²) in [4.78, 5) is 13.2. The highest BCUT2D eigenvalue weighted by molar-refractivity contribution is 5.76. The van der Waals surface area contributed by atoms with Crippen molar-refractivity contribution in [2.75, 3.05) is 13.1 Å². The fraction of sp³-hybridized carbons (Fsp3) is 0.583. The molecule has 0 rings (SSSR count). The van der Waals surface area contributed by atoms with Gasteiger partial charge in [0.25, 0.3) is 0 Å². The van der Waals surface area contributed by atoms with Gasteiger partial charge in [0.1, 0.15) is 0 Å². The first-order valence-corrected chi connectivity index (χ1v) is 4.91. The number of nitrogens with zero attached hydrogens (tertiary/aromatic N) is 1. The van der Waals surface area contributed by atoms with Crippen LogP contribution in [0.1, 0.15) is 32.6 Å². The standard InChI is InChI=1S/C12H17NO/c1-4-7-8-9-10-12(14)13(6-3)11-5-2/h1-2H,6-11H2,3H3. The predicted molar refractivity (Wildman–Crippen MR) is 58.4 cm³/mol. The SMILES string of the molecule is C#CCCCCC(=O)N(CC)CC#C. The van der Waals surface area contributed by atoms with Crippen molar-refractivity contribution in [2.24, 2.45) is 0 Å². The van der Waals surface area contributed by atoms with Crippen molar-refractivity contribution in [1.82, 2.24) is 4.90 Å². The zero-order chi connectivity index (χ0) is 10.8. The highest BCUT2D eigenvalue weighted by Crippen LogP contribution is 2.02. The highest BCUT2D eigenvalue weighted by Gasteiger charge is 2.08. The second kappa shape index (κ2) is 8.20. The lowest BCUT2D eigenvalue weighted by atomic mass is 10.2. The van der Waals surface area contributed by atoms with Crippen molar-refractivity contribution in [2.45, 2.75) is 32.6 Å². The number of terminal acetylenes is 2. The number of carbonyl (C=O) groups excluding carboxylic acids is 1. The van der Waals surface area contributed by atoms with Gasteiger partial charge in [-0.25, -0.2) is 0 Å². The lowest BCUT2D eigenvalue weighted by Crippen LogP contribution is -2.30. The zero-order valence-corrected chi connectivity index (χ0v) is 8.75. The van der Waals surface area contributed by atoms with Gasteiger partial charge in [-0.05, 0) is 19.8 Å². The summed E-state index contributed by atoms with van der Waals surface area (Å²) >= 11 is 0.